The summed E-state index contributed by atoms with van der Waals surface area (Å²) in [7, 11) is 2.00. The van der Waals surface area contributed by atoms with Crippen LogP contribution in [0.25, 0.3) is 5.57 Å². The largest absolute Gasteiger partial charge is 0.356 e. The van der Waals surface area contributed by atoms with Gasteiger partial charge >= 0.3 is 0 Å². The van der Waals surface area contributed by atoms with Crippen molar-refractivity contribution in [2.24, 2.45) is 4.99 Å². The van der Waals surface area contributed by atoms with Crippen molar-refractivity contribution < 1.29 is 13.4 Å². The summed E-state index contributed by atoms with van der Waals surface area (Å²) < 4.78 is 28.8. The molecule has 1 aromatic heterocycles. The molecule has 0 radical (unpaired) electrons. The zero-order valence-electron chi connectivity index (χ0n) is 14.9. The van der Waals surface area contributed by atoms with Gasteiger partial charge in [0.15, 0.2) is 12.4 Å². The molecule has 0 amide bonds. The van der Waals surface area contributed by atoms with Gasteiger partial charge in [0.25, 0.3) is 5.92 Å². The Bertz CT molecular complexity index is 1030. The van der Waals surface area contributed by atoms with E-state index in [9.17, 15) is 8.78 Å². The second kappa shape index (κ2) is 5.77. The van der Waals surface area contributed by atoms with E-state index < -0.39 is 5.92 Å². The van der Waals surface area contributed by atoms with Crippen LogP contribution in [0.4, 0.5) is 20.3 Å². The van der Waals surface area contributed by atoms with E-state index in [1.807, 2.05) is 28.7 Å². The first-order chi connectivity index (χ1) is 13.0. The average Bonchev–Trinajstić information content (AvgIpc) is 2.61. The lowest BCUT2D eigenvalue weighted by Gasteiger charge is -2.32. The molecule has 1 saturated heterocycles. The van der Waals surface area contributed by atoms with Crippen LogP contribution in [-0.2, 0) is 0 Å². The summed E-state index contributed by atoms with van der Waals surface area (Å²) in [6, 6.07) is 8.04. The lowest BCUT2D eigenvalue weighted by molar-refractivity contribution is -0.423. The Morgan fingerprint density at radius 1 is 1.11 bits per heavy atom. The summed E-state index contributed by atoms with van der Waals surface area (Å²) in [6.45, 7) is 0.600. The molecule has 0 atom stereocenters. The third-order valence-electron chi connectivity index (χ3n) is 5.22. The number of alkyl halides is 2. The maximum Gasteiger partial charge on any atom is 0.251 e. The lowest BCUT2D eigenvalue weighted by atomic mass is 9.94. The first-order valence-corrected chi connectivity index (χ1v) is 8.96. The van der Waals surface area contributed by atoms with Crippen LogP contribution >= 0.6 is 0 Å². The molecule has 0 N–H and O–H groups in total. The van der Waals surface area contributed by atoms with Crippen molar-refractivity contribution in [3.05, 3.63) is 53.6 Å². The molecule has 0 unspecified atom stereocenters. The van der Waals surface area contributed by atoms with Crippen molar-refractivity contribution in [3.8, 4) is 0 Å². The van der Waals surface area contributed by atoms with Crippen LogP contribution in [0.3, 0.4) is 0 Å². The minimum absolute atomic E-state index is 0.139. The fourth-order valence-corrected chi connectivity index (χ4v) is 3.61. The summed E-state index contributed by atoms with van der Waals surface area (Å²) in [5.41, 5.74) is 5.89. The third-order valence-corrected chi connectivity index (χ3v) is 5.22. The Morgan fingerprint density at radius 3 is 2.63 bits per heavy atom. The highest BCUT2D eigenvalue weighted by atomic mass is 19.3. The minimum Gasteiger partial charge on any atom is -0.356 e. The normalized spacial score (nSPS) is 20.0. The molecule has 0 aliphatic carbocycles. The number of hydrogen-bond acceptors (Lipinski definition) is 4. The second-order valence-corrected chi connectivity index (χ2v) is 7.18. The predicted molar refractivity (Wildman–Crippen MR) is 100 cm³/mol. The molecule has 7 heteroatoms. The molecular weight excluding hydrogens is 348 g/mol. The highest BCUT2D eigenvalue weighted by molar-refractivity contribution is 6.22. The SMILES string of the molecule is C[N+]1=CC(c2ccc3c(c2)C(c2cc(N4CCC(F)(F)CC4)ncn2)=N3)=C1. The van der Waals surface area contributed by atoms with Gasteiger partial charge in [0.2, 0.25) is 0 Å². The molecule has 0 bridgehead atoms. The Morgan fingerprint density at radius 2 is 1.89 bits per heavy atom. The average molecular weight is 366 g/mol. The zero-order chi connectivity index (χ0) is 18.6. The number of hydrogen-bond donors (Lipinski definition) is 0. The summed E-state index contributed by atoms with van der Waals surface area (Å²) in [6.07, 6.45) is 5.36. The third kappa shape index (κ3) is 2.83. The van der Waals surface area contributed by atoms with Crippen LogP contribution in [0.5, 0.6) is 0 Å². The van der Waals surface area contributed by atoms with Gasteiger partial charge in [0.05, 0.1) is 17.1 Å². The number of piperidine rings is 1. The molecule has 136 valence electrons. The first kappa shape index (κ1) is 16.2. The van der Waals surface area contributed by atoms with Gasteiger partial charge in [-0.1, -0.05) is 6.07 Å². The van der Waals surface area contributed by atoms with E-state index in [1.54, 1.807) is 0 Å². The maximum atomic E-state index is 13.4. The molecular formula is C20H18F2N5+. The second-order valence-electron chi connectivity index (χ2n) is 7.18. The molecule has 3 aliphatic heterocycles. The Labute approximate surface area is 155 Å². The van der Waals surface area contributed by atoms with Crippen LogP contribution in [-0.4, -0.2) is 52.5 Å². The molecule has 5 nitrogen and oxygen atoms in total. The van der Waals surface area contributed by atoms with Crippen molar-refractivity contribution in [2.45, 2.75) is 18.8 Å². The maximum absolute atomic E-state index is 13.4. The van der Waals surface area contributed by atoms with Crippen molar-refractivity contribution in [3.63, 3.8) is 0 Å². The minimum atomic E-state index is -2.57. The molecule has 27 heavy (non-hydrogen) atoms. The zero-order valence-corrected chi connectivity index (χ0v) is 14.9. The van der Waals surface area contributed by atoms with E-state index in [1.165, 1.54) is 11.9 Å². The molecule has 1 aromatic carbocycles. The quantitative estimate of drug-likeness (QED) is 0.669. The van der Waals surface area contributed by atoms with Crippen LogP contribution in [0.1, 0.15) is 29.7 Å². The van der Waals surface area contributed by atoms with E-state index >= 15 is 0 Å². The van der Waals surface area contributed by atoms with Crippen molar-refractivity contribution in [2.75, 3.05) is 25.0 Å². The summed E-state index contributed by atoms with van der Waals surface area (Å²) in [4.78, 5) is 15.1. The molecule has 5 rings (SSSR count). The molecule has 2 aromatic rings. The van der Waals surface area contributed by atoms with E-state index in [0.29, 0.717) is 18.9 Å². The number of aromatic nitrogens is 2. The molecule has 1 fully saturated rings. The van der Waals surface area contributed by atoms with Crippen LogP contribution in [0.15, 0.2) is 41.8 Å². The number of halogens is 2. The van der Waals surface area contributed by atoms with Gasteiger partial charge in [0.1, 0.15) is 24.8 Å². The summed E-state index contributed by atoms with van der Waals surface area (Å²) in [5, 5.41) is 0. The van der Waals surface area contributed by atoms with Crippen LogP contribution in [0.2, 0.25) is 0 Å². The van der Waals surface area contributed by atoms with Gasteiger partial charge in [-0.05, 0) is 17.7 Å². The number of fused-ring (bicyclic) bond motifs is 1. The number of rotatable bonds is 3. The van der Waals surface area contributed by atoms with Gasteiger partial charge in [-0.2, -0.15) is 0 Å². The molecule has 4 heterocycles. The van der Waals surface area contributed by atoms with E-state index in [2.05, 4.69) is 39.5 Å². The fraction of sp³-hybridized carbons (Fsp3) is 0.300. The number of benzene rings is 1. The monoisotopic (exact) mass is 366 g/mol. The molecule has 0 spiro atoms. The Hall–Kier alpha value is -2.96. The van der Waals surface area contributed by atoms with Gasteiger partial charge in [-0.25, -0.2) is 28.3 Å². The van der Waals surface area contributed by atoms with E-state index in [4.69, 9.17) is 0 Å². The van der Waals surface area contributed by atoms with Crippen molar-refractivity contribution in [1.29, 1.82) is 0 Å². The van der Waals surface area contributed by atoms with Gasteiger partial charge in [-0.15, -0.1) is 0 Å². The van der Waals surface area contributed by atoms with E-state index in [-0.39, 0.29) is 12.8 Å². The number of nitrogens with zero attached hydrogens (tertiary/aromatic N) is 5. The van der Waals surface area contributed by atoms with Crippen molar-refractivity contribution >= 4 is 29.0 Å². The Kier molecular flexibility index (Phi) is 3.47. The Balaban J connectivity index is 1.39. The smallest absolute Gasteiger partial charge is 0.251 e. The van der Waals surface area contributed by atoms with Crippen molar-refractivity contribution in [1.82, 2.24) is 9.97 Å². The van der Waals surface area contributed by atoms with Crippen LogP contribution < -0.4 is 4.90 Å². The first-order valence-electron chi connectivity index (χ1n) is 8.96. The molecule has 3 aliphatic rings. The number of anilines is 1. The number of allylic oxidation sites excluding steroid dienone is 1. The van der Waals surface area contributed by atoms with Gasteiger partial charge in [-0.3, -0.25) is 0 Å². The van der Waals surface area contributed by atoms with Crippen LogP contribution in [0, 0.1) is 0 Å². The summed E-state index contributed by atoms with van der Waals surface area (Å²) in [5.74, 6) is -1.89. The number of aliphatic imine (C=N–C) groups is 1. The van der Waals surface area contributed by atoms with E-state index in [0.717, 1.165) is 28.2 Å². The topological polar surface area (TPSA) is 44.4 Å². The van der Waals surface area contributed by atoms with Gasteiger partial charge in [0, 0.05) is 37.6 Å². The highest BCUT2D eigenvalue weighted by Gasteiger charge is 2.34. The highest BCUT2D eigenvalue weighted by Crippen LogP contribution is 2.36. The standard InChI is InChI=1S/C20H18F2N5/c1-26-10-14(11-26)13-2-3-16-15(8-13)19(25-16)17-9-18(24-12-23-17)27-6-4-20(21,22)5-7-27/h2-3,8-12H,4-7H2,1H3/q+1. The fourth-order valence-electron chi connectivity index (χ4n) is 3.61. The van der Waals surface area contributed by atoms with Gasteiger partial charge < -0.3 is 4.90 Å². The predicted octanol–water partition coefficient (Wildman–Crippen LogP) is 3.26. The molecule has 0 saturated carbocycles. The lowest BCUT2D eigenvalue weighted by Crippen LogP contribution is -2.39. The summed E-state index contributed by atoms with van der Waals surface area (Å²) >= 11 is 0.